The van der Waals surface area contributed by atoms with E-state index in [2.05, 4.69) is 109 Å². The third-order valence-corrected chi connectivity index (χ3v) is 8.05. The van der Waals surface area contributed by atoms with Gasteiger partial charge >= 0.3 is 0 Å². The van der Waals surface area contributed by atoms with Crippen molar-refractivity contribution in [2.24, 2.45) is 0 Å². The van der Waals surface area contributed by atoms with Crippen molar-refractivity contribution in [2.45, 2.75) is 13.8 Å². The molecule has 0 spiro atoms. The Morgan fingerprint density at radius 3 is 1.30 bits per heavy atom. The van der Waals surface area contributed by atoms with Crippen LogP contribution in [0.2, 0.25) is 0 Å². The van der Waals surface area contributed by atoms with Crippen molar-refractivity contribution in [3.8, 4) is 34.0 Å². The summed E-state index contributed by atoms with van der Waals surface area (Å²) in [5.41, 5.74) is 9.81. The van der Waals surface area contributed by atoms with E-state index in [0.717, 1.165) is 88.8 Å². The maximum atomic E-state index is 6.32. The van der Waals surface area contributed by atoms with Crippen molar-refractivity contribution in [3.05, 3.63) is 133 Å². The maximum absolute atomic E-state index is 6.32. The zero-order chi connectivity index (χ0) is 28.9. The van der Waals surface area contributed by atoms with E-state index in [-0.39, 0.29) is 0 Å². The van der Waals surface area contributed by atoms with Crippen LogP contribution in [0.5, 0.6) is 11.5 Å². The quantitative estimate of drug-likeness (QED) is 0.203. The highest BCUT2D eigenvalue weighted by Gasteiger charge is 2.12. The van der Waals surface area contributed by atoms with Crippen molar-refractivity contribution < 1.29 is 4.74 Å². The molecular weight excluding hydrogens is 528 g/mol. The monoisotopic (exact) mass is 554 g/mol. The lowest BCUT2D eigenvalue weighted by Gasteiger charge is -2.13. The molecule has 4 aromatic heterocycles. The van der Waals surface area contributed by atoms with Crippen LogP contribution in [0, 0.1) is 13.8 Å². The molecule has 5 nitrogen and oxygen atoms in total. The smallest absolute Gasteiger partial charge is 0.127 e. The highest BCUT2D eigenvalue weighted by Crippen LogP contribution is 2.33. The van der Waals surface area contributed by atoms with Crippen LogP contribution in [-0.4, -0.2) is 19.9 Å². The lowest BCUT2D eigenvalue weighted by atomic mass is 10.0. The van der Waals surface area contributed by atoms with Gasteiger partial charge in [-0.1, -0.05) is 48.5 Å². The molecular formula is C38H26N4O. The number of fused-ring (bicyclic) bond motifs is 6. The van der Waals surface area contributed by atoms with E-state index in [4.69, 9.17) is 14.7 Å². The molecule has 43 heavy (non-hydrogen) atoms. The van der Waals surface area contributed by atoms with Gasteiger partial charge in [0.15, 0.2) is 0 Å². The summed E-state index contributed by atoms with van der Waals surface area (Å²) in [5, 5.41) is 4.33. The van der Waals surface area contributed by atoms with Crippen molar-refractivity contribution >= 4 is 43.6 Å². The van der Waals surface area contributed by atoms with Gasteiger partial charge in [-0.15, -0.1) is 0 Å². The molecule has 0 aliphatic heterocycles. The molecule has 0 fully saturated rings. The zero-order valence-corrected chi connectivity index (χ0v) is 23.7. The lowest BCUT2D eigenvalue weighted by molar-refractivity contribution is 0.482. The number of hydrogen-bond acceptors (Lipinski definition) is 5. The minimum atomic E-state index is 0.780. The fraction of sp³-hybridized carbons (Fsp3) is 0.0526. The molecule has 0 amide bonds. The summed E-state index contributed by atoms with van der Waals surface area (Å²) in [4.78, 5) is 19.2. The molecule has 8 rings (SSSR count). The van der Waals surface area contributed by atoms with Crippen LogP contribution < -0.4 is 4.74 Å². The van der Waals surface area contributed by atoms with Crippen LogP contribution >= 0.6 is 0 Å². The average Bonchev–Trinajstić information content (AvgIpc) is 3.04. The van der Waals surface area contributed by atoms with Crippen LogP contribution in [0.1, 0.15) is 11.1 Å². The Morgan fingerprint density at radius 1 is 0.442 bits per heavy atom. The fourth-order valence-electron chi connectivity index (χ4n) is 5.86. The average molecular weight is 555 g/mol. The molecule has 4 aromatic carbocycles. The standard InChI is InChI=1S/C38H26N4O/c1-23-21-29(13-15-31(23)33-17-11-27-9-7-25-5-3-19-39-35(25)37(27)41-33)43-30-14-16-32(24(2)22-30)34-18-12-28-10-8-26-6-4-20-40-36(26)38(28)42-34/h3-22H,1-2H3. The van der Waals surface area contributed by atoms with Gasteiger partial charge in [-0.25, -0.2) is 9.97 Å². The SMILES string of the molecule is Cc1cc(Oc2ccc(-c3ccc4ccc5cccnc5c4n3)c(C)c2)ccc1-c1ccc2ccc3cccnc3c2n1. The molecule has 0 aliphatic carbocycles. The van der Waals surface area contributed by atoms with E-state index < -0.39 is 0 Å². The van der Waals surface area contributed by atoms with Crippen LogP contribution in [0.4, 0.5) is 0 Å². The van der Waals surface area contributed by atoms with Gasteiger partial charge in [0.2, 0.25) is 0 Å². The molecule has 0 N–H and O–H groups in total. The van der Waals surface area contributed by atoms with E-state index in [1.165, 1.54) is 0 Å². The topological polar surface area (TPSA) is 60.8 Å². The fourth-order valence-corrected chi connectivity index (χ4v) is 5.86. The lowest BCUT2D eigenvalue weighted by Crippen LogP contribution is -1.93. The van der Waals surface area contributed by atoms with Gasteiger partial charge in [0.25, 0.3) is 0 Å². The molecule has 0 saturated heterocycles. The number of nitrogens with zero attached hydrogens (tertiary/aromatic N) is 4. The Balaban J connectivity index is 1.09. The Kier molecular flexibility index (Phi) is 5.83. The van der Waals surface area contributed by atoms with Gasteiger partial charge < -0.3 is 4.74 Å². The molecule has 0 atom stereocenters. The van der Waals surface area contributed by atoms with E-state index in [0.29, 0.717) is 0 Å². The van der Waals surface area contributed by atoms with Gasteiger partial charge in [0.05, 0.1) is 33.5 Å². The van der Waals surface area contributed by atoms with Gasteiger partial charge in [0.1, 0.15) is 11.5 Å². The van der Waals surface area contributed by atoms with Crippen molar-refractivity contribution in [1.82, 2.24) is 19.9 Å². The van der Waals surface area contributed by atoms with Crippen LogP contribution in [-0.2, 0) is 0 Å². The highest BCUT2D eigenvalue weighted by molar-refractivity contribution is 6.04. The summed E-state index contributed by atoms with van der Waals surface area (Å²) in [7, 11) is 0. The van der Waals surface area contributed by atoms with E-state index >= 15 is 0 Å². The summed E-state index contributed by atoms with van der Waals surface area (Å²) >= 11 is 0. The zero-order valence-electron chi connectivity index (χ0n) is 23.7. The molecule has 0 saturated carbocycles. The minimum absolute atomic E-state index is 0.780. The number of benzene rings is 4. The summed E-state index contributed by atoms with van der Waals surface area (Å²) in [6, 6.07) is 37.1. The first-order chi connectivity index (χ1) is 21.1. The molecule has 204 valence electrons. The highest BCUT2D eigenvalue weighted by atomic mass is 16.5. The minimum Gasteiger partial charge on any atom is -0.457 e. The second-order valence-electron chi connectivity index (χ2n) is 10.9. The van der Waals surface area contributed by atoms with Crippen molar-refractivity contribution in [2.75, 3.05) is 0 Å². The number of hydrogen-bond donors (Lipinski definition) is 0. The summed E-state index contributed by atoms with van der Waals surface area (Å²) in [5.74, 6) is 1.56. The molecule has 4 heterocycles. The first kappa shape index (κ1) is 25.1. The van der Waals surface area contributed by atoms with Crippen LogP contribution in [0.3, 0.4) is 0 Å². The predicted octanol–water partition coefficient (Wildman–Crippen LogP) is 9.62. The first-order valence-corrected chi connectivity index (χ1v) is 14.3. The third kappa shape index (κ3) is 4.43. The second kappa shape index (κ2) is 10.00. The van der Waals surface area contributed by atoms with Gasteiger partial charge in [-0.05, 0) is 85.6 Å². The van der Waals surface area contributed by atoms with E-state index in [1.807, 2.05) is 36.7 Å². The molecule has 0 aliphatic rings. The molecule has 5 heteroatoms. The Morgan fingerprint density at radius 2 is 0.860 bits per heavy atom. The molecule has 0 radical (unpaired) electrons. The normalized spacial score (nSPS) is 11.5. The van der Waals surface area contributed by atoms with Gasteiger partial charge in [-0.3, -0.25) is 9.97 Å². The second-order valence-corrected chi connectivity index (χ2v) is 10.9. The number of pyridine rings is 4. The summed E-state index contributed by atoms with van der Waals surface area (Å²) < 4.78 is 6.32. The Labute approximate surface area is 248 Å². The summed E-state index contributed by atoms with van der Waals surface area (Å²) in [6.45, 7) is 4.18. The largest absolute Gasteiger partial charge is 0.457 e. The molecule has 8 aromatic rings. The van der Waals surface area contributed by atoms with Crippen LogP contribution in [0.25, 0.3) is 66.1 Å². The summed E-state index contributed by atoms with van der Waals surface area (Å²) in [6.07, 6.45) is 3.64. The van der Waals surface area contributed by atoms with Crippen molar-refractivity contribution in [1.29, 1.82) is 0 Å². The third-order valence-electron chi connectivity index (χ3n) is 8.05. The van der Waals surface area contributed by atoms with Gasteiger partial charge in [-0.2, -0.15) is 0 Å². The molecule has 0 bridgehead atoms. The molecule has 0 unspecified atom stereocenters. The Hall–Kier alpha value is -5.68. The van der Waals surface area contributed by atoms with E-state index in [9.17, 15) is 0 Å². The number of aromatic nitrogens is 4. The predicted molar refractivity (Wildman–Crippen MR) is 175 cm³/mol. The van der Waals surface area contributed by atoms with Crippen LogP contribution in [0.15, 0.2) is 122 Å². The number of ether oxygens (including phenoxy) is 1. The first-order valence-electron chi connectivity index (χ1n) is 14.3. The number of rotatable bonds is 4. The maximum Gasteiger partial charge on any atom is 0.127 e. The number of aryl methyl sites for hydroxylation is 2. The van der Waals surface area contributed by atoms with Crippen molar-refractivity contribution in [3.63, 3.8) is 0 Å². The van der Waals surface area contributed by atoms with Gasteiger partial charge in [0, 0.05) is 45.1 Å². The van der Waals surface area contributed by atoms with E-state index in [1.54, 1.807) is 0 Å². The Bertz CT molecular complexity index is 2200.